The first-order valence-corrected chi connectivity index (χ1v) is 3.65. The van der Waals surface area contributed by atoms with E-state index >= 15 is 0 Å². The zero-order valence-corrected chi connectivity index (χ0v) is 7.42. The van der Waals surface area contributed by atoms with E-state index in [0.717, 1.165) is 0 Å². The van der Waals surface area contributed by atoms with Crippen LogP contribution in [0, 0.1) is 6.92 Å². The number of hydrogen-bond acceptors (Lipinski definition) is 4. The molecule has 12 heavy (non-hydrogen) atoms. The normalized spacial score (nSPS) is 9.58. The van der Waals surface area contributed by atoms with Gasteiger partial charge in [-0.05, 0) is 18.5 Å². The van der Waals surface area contributed by atoms with Crippen LogP contribution in [0.5, 0.6) is 5.88 Å². The fraction of sp³-hybridized carbons (Fsp3) is 0.286. The molecule has 1 aromatic heterocycles. The predicted molar refractivity (Wildman–Crippen MR) is 43.1 cm³/mol. The second-order valence-corrected chi connectivity index (χ2v) is 2.55. The molecule has 1 heterocycles. The van der Waals surface area contributed by atoms with Crippen molar-refractivity contribution in [2.24, 2.45) is 0 Å². The van der Waals surface area contributed by atoms with Crippen LogP contribution in [-0.4, -0.2) is 15.9 Å². The van der Waals surface area contributed by atoms with Crippen LogP contribution in [0.2, 0.25) is 5.28 Å². The second kappa shape index (κ2) is 3.49. The summed E-state index contributed by atoms with van der Waals surface area (Å²) in [5, 5.41) is 0.0752. The van der Waals surface area contributed by atoms with Crippen molar-refractivity contribution in [1.29, 1.82) is 0 Å². The van der Waals surface area contributed by atoms with Crippen molar-refractivity contribution in [3.63, 3.8) is 0 Å². The second-order valence-electron chi connectivity index (χ2n) is 2.21. The first-order chi connectivity index (χ1) is 5.58. The zero-order valence-electron chi connectivity index (χ0n) is 6.67. The number of nitrogens with zero attached hydrogens (tertiary/aromatic N) is 2. The van der Waals surface area contributed by atoms with E-state index in [9.17, 15) is 4.79 Å². The molecule has 5 heteroatoms. The molecule has 0 radical (unpaired) electrons. The van der Waals surface area contributed by atoms with Gasteiger partial charge in [-0.15, -0.1) is 0 Å². The Balaban J connectivity index is 2.93. The summed E-state index contributed by atoms with van der Waals surface area (Å²) in [5.41, 5.74) is 0.659. The smallest absolute Gasteiger partial charge is 0.309 e. The molecule has 0 N–H and O–H groups in total. The number of hydrogen-bond donors (Lipinski definition) is 0. The van der Waals surface area contributed by atoms with Gasteiger partial charge in [-0.3, -0.25) is 4.79 Å². The van der Waals surface area contributed by atoms with E-state index in [4.69, 9.17) is 16.3 Å². The van der Waals surface area contributed by atoms with E-state index in [1.165, 1.54) is 13.0 Å². The fourth-order valence-corrected chi connectivity index (χ4v) is 0.921. The molecule has 64 valence electrons. The molecule has 1 rings (SSSR count). The van der Waals surface area contributed by atoms with Gasteiger partial charge in [0.05, 0.1) is 0 Å². The van der Waals surface area contributed by atoms with E-state index in [1.54, 1.807) is 6.92 Å². The average molecular weight is 187 g/mol. The number of aromatic nitrogens is 2. The topological polar surface area (TPSA) is 52.1 Å². The van der Waals surface area contributed by atoms with Crippen LogP contribution in [0.25, 0.3) is 0 Å². The van der Waals surface area contributed by atoms with Crippen molar-refractivity contribution in [3.8, 4) is 5.88 Å². The van der Waals surface area contributed by atoms with Gasteiger partial charge in [0.15, 0.2) is 0 Å². The lowest BCUT2D eigenvalue weighted by Crippen LogP contribution is -2.04. The Hall–Kier alpha value is -1.16. The highest BCUT2D eigenvalue weighted by atomic mass is 35.5. The third-order valence-corrected chi connectivity index (χ3v) is 1.22. The third-order valence-electron chi connectivity index (χ3n) is 1.05. The highest BCUT2D eigenvalue weighted by Gasteiger charge is 2.02. The Morgan fingerprint density at radius 2 is 2.25 bits per heavy atom. The Bertz CT molecular complexity index is 294. The molecule has 0 aliphatic carbocycles. The number of rotatable bonds is 1. The quantitative estimate of drug-likeness (QED) is 0.491. The summed E-state index contributed by atoms with van der Waals surface area (Å²) < 4.78 is 4.70. The SMILES string of the molecule is CC(=O)Oc1cc(C)nc(Cl)n1. The summed E-state index contributed by atoms with van der Waals surface area (Å²) in [6.45, 7) is 3.03. The Labute approximate surface area is 74.5 Å². The van der Waals surface area contributed by atoms with Crippen molar-refractivity contribution in [2.75, 3.05) is 0 Å². The van der Waals surface area contributed by atoms with E-state index in [2.05, 4.69) is 9.97 Å². The molecule has 0 bridgehead atoms. The molecule has 0 unspecified atom stereocenters. The fourth-order valence-electron chi connectivity index (χ4n) is 0.704. The van der Waals surface area contributed by atoms with Crippen LogP contribution >= 0.6 is 11.6 Å². The van der Waals surface area contributed by atoms with E-state index in [-0.39, 0.29) is 11.2 Å². The van der Waals surface area contributed by atoms with Crippen molar-refractivity contribution in [3.05, 3.63) is 17.0 Å². The average Bonchev–Trinajstić information content (AvgIpc) is 1.81. The lowest BCUT2D eigenvalue weighted by atomic mass is 10.4. The lowest BCUT2D eigenvalue weighted by Gasteiger charge is -2.00. The highest BCUT2D eigenvalue weighted by molar-refractivity contribution is 6.28. The van der Waals surface area contributed by atoms with Crippen molar-refractivity contribution < 1.29 is 9.53 Å². The summed E-state index contributed by atoms with van der Waals surface area (Å²) in [6, 6.07) is 1.54. The van der Waals surface area contributed by atoms with Crippen LogP contribution in [0.4, 0.5) is 0 Å². The molecular weight excluding hydrogens is 180 g/mol. The Kier molecular flexibility index (Phi) is 2.60. The van der Waals surface area contributed by atoms with Gasteiger partial charge in [-0.25, -0.2) is 4.98 Å². The standard InChI is InChI=1S/C7H7ClN2O2/c1-4-3-6(12-5(2)11)10-7(8)9-4/h3H,1-2H3. The number of carbonyl (C=O) groups excluding carboxylic acids is 1. The molecule has 0 saturated carbocycles. The van der Waals surface area contributed by atoms with Gasteiger partial charge in [0.2, 0.25) is 11.2 Å². The van der Waals surface area contributed by atoms with E-state index in [0.29, 0.717) is 5.69 Å². The molecule has 1 aromatic rings. The molecule has 0 aliphatic heterocycles. The summed E-state index contributed by atoms with van der Waals surface area (Å²) in [6.07, 6.45) is 0. The van der Waals surface area contributed by atoms with E-state index in [1.807, 2.05) is 0 Å². The largest absolute Gasteiger partial charge is 0.407 e. The molecule has 0 saturated heterocycles. The third kappa shape index (κ3) is 2.47. The maximum Gasteiger partial charge on any atom is 0.309 e. The van der Waals surface area contributed by atoms with Crippen LogP contribution in [0.15, 0.2) is 6.07 Å². The van der Waals surface area contributed by atoms with Crippen LogP contribution < -0.4 is 4.74 Å². The van der Waals surface area contributed by atoms with Gasteiger partial charge in [0.1, 0.15) is 0 Å². The monoisotopic (exact) mass is 186 g/mol. The predicted octanol–water partition coefficient (Wildman–Crippen LogP) is 1.36. The number of carbonyl (C=O) groups is 1. The summed E-state index contributed by atoms with van der Waals surface area (Å²) in [7, 11) is 0. The number of esters is 1. The van der Waals surface area contributed by atoms with Crippen LogP contribution in [-0.2, 0) is 4.79 Å². The minimum Gasteiger partial charge on any atom is -0.407 e. The van der Waals surface area contributed by atoms with Gasteiger partial charge in [0.25, 0.3) is 0 Å². The van der Waals surface area contributed by atoms with E-state index < -0.39 is 5.97 Å². The molecule has 0 aliphatic rings. The number of halogens is 1. The molecule has 0 aromatic carbocycles. The van der Waals surface area contributed by atoms with Gasteiger partial charge >= 0.3 is 5.97 Å². The molecule has 0 spiro atoms. The van der Waals surface area contributed by atoms with Gasteiger partial charge < -0.3 is 4.74 Å². The summed E-state index contributed by atoms with van der Waals surface area (Å²) in [4.78, 5) is 18.0. The minimum absolute atomic E-state index is 0.0752. The molecule has 0 atom stereocenters. The molecule has 4 nitrogen and oxygen atoms in total. The summed E-state index contributed by atoms with van der Waals surface area (Å²) >= 11 is 5.52. The van der Waals surface area contributed by atoms with Gasteiger partial charge in [0, 0.05) is 18.7 Å². The maximum absolute atomic E-state index is 10.5. The van der Waals surface area contributed by atoms with Crippen LogP contribution in [0.1, 0.15) is 12.6 Å². The zero-order chi connectivity index (χ0) is 9.14. The molecule has 0 amide bonds. The van der Waals surface area contributed by atoms with Crippen LogP contribution in [0.3, 0.4) is 0 Å². The molecular formula is C7H7ClN2O2. The molecule has 0 fully saturated rings. The lowest BCUT2D eigenvalue weighted by molar-refractivity contribution is -0.132. The highest BCUT2D eigenvalue weighted by Crippen LogP contribution is 2.11. The van der Waals surface area contributed by atoms with Gasteiger partial charge in [-0.1, -0.05) is 0 Å². The van der Waals surface area contributed by atoms with Crippen molar-refractivity contribution >= 4 is 17.6 Å². The number of ether oxygens (including phenoxy) is 1. The first-order valence-electron chi connectivity index (χ1n) is 3.27. The van der Waals surface area contributed by atoms with Gasteiger partial charge in [-0.2, -0.15) is 4.98 Å². The summed E-state index contributed by atoms with van der Waals surface area (Å²) in [5.74, 6) is -0.246. The Morgan fingerprint density at radius 3 is 2.75 bits per heavy atom. The Morgan fingerprint density at radius 1 is 1.58 bits per heavy atom. The minimum atomic E-state index is -0.427. The van der Waals surface area contributed by atoms with Crippen molar-refractivity contribution in [1.82, 2.24) is 9.97 Å². The first kappa shape index (κ1) is 8.93. The maximum atomic E-state index is 10.5. The number of aryl methyl sites for hydroxylation is 1. The van der Waals surface area contributed by atoms with Crippen molar-refractivity contribution in [2.45, 2.75) is 13.8 Å².